The number of hydrogen-bond acceptors (Lipinski definition) is 3. The predicted molar refractivity (Wildman–Crippen MR) is 62.9 cm³/mol. The van der Waals surface area contributed by atoms with Crippen LogP contribution in [0.5, 0.6) is 0 Å². The number of rotatable bonds is 1. The van der Waals surface area contributed by atoms with E-state index in [2.05, 4.69) is 5.32 Å². The normalized spacial score (nSPS) is 26.5. The molecule has 2 aliphatic rings. The molecule has 2 atom stereocenters. The van der Waals surface area contributed by atoms with Crippen LogP contribution in [-0.4, -0.2) is 35.2 Å². The Labute approximate surface area is 104 Å². The lowest BCUT2D eigenvalue weighted by atomic mass is 10.0. The van der Waals surface area contributed by atoms with Gasteiger partial charge in [0.1, 0.15) is 6.04 Å². The number of fused-ring (bicyclic) bond motifs is 1. The third-order valence-corrected chi connectivity index (χ3v) is 3.51. The van der Waals surface area contributed by atoms with Gasteiger partial charge in [0, 0.05) is 12.5 Å². The average Bonchev–Trinajstić information content (AvgIpc) is 2.81. The van der Waals surface area contributed by atoms with E-state index < -0.39 is 6.04 Å². The lowest BCUT2D eigenvalue weighted by molar-refractivity contribution is -0.122. The molecule has 5 nitrogen and oxygen atoms in total. The molecule has 1 saturated heterocycles. The highest BCUT2D eigenvalue weighted by molar-refractivity contribution is 6.23. The zero-order valence-corrected chi connectivity index (χ0v) is 9.84. The highest BCUT2D eigenvalue weighted by atomic mass is 16.2. The molecule has 2 aliphatic heterocycles. The van der Waals surface area contributed by atoms with Crippen LogP contribution in [0.25, 0.3) is 0 Å². The summed E-state index contributed by atoms with van der Waals surface area (Å²) in [5.41, 5.74) is 0.767. The largest absolute Gasteiger partial charge is 0.354 e. The van der Waals surface area contributed by atoms with Gasteiger partial charge in [-0.05, 0) is 12.1 Å². The first-order chi connectivity index (χ1) is 8.61. The van der Waals surface area contributed by atoms with Gasteiger partial charge in [-0.2, -0.15) is 0 Å². The van der Waals surface area contributed by atoms with E-state index in [4.69, 9.17) is 0 Å². The smallest absolute Gasteiger partial charge is 0.262 e. The SMILES string of the molecule is C[C@@H]1CNC(=O)[C@H]1N1C(=O)c2ccccc2C1=O. The Hall–Kier alpha value is -2.17. The third-order valence-electron chi connectivity index (χ3n) is 3.51. The van der Waals surface area contributed by atoms with Crippen LogP contribution < -0.4 is 5.32 Å². The summed E-state index contributed by atoms with van der Waals surface area (Å²) in [6.45, 7) is 2.35. The average molecular weight is 244 g/mol. The second-order valence-corrected chi connectivity index (χ2v) is 4.69. The number of nitrogens with one attached hydrogen (secondary N) is 1. The van der Waals surface area contributed by atoms with Crippen molar-refractivity contribution in [1.82, 2.24) is 10.2 Å². The van der Waals surface area contributed by atoms with Crippen LogP contribution in [0.2, 0.25) is 0 Å². The van der Waals surface area contributed by atoms with Crippen LogP contribution in [0.4, 0.5) is 0 Å². The van der Waals surface area contributed by atoms with Crippen LogP contribution in [0.15, 0.2) is 24.3 Å². The molecular formula is C13H12N2O3. The van der Waals surface area contributed by atoms with E-state index in [-0.39, 0.29) is 23.6 Å². The van der Waals surface area contributed by atoms with Gasteiger partial charge in [0.2, 0.25) is 5.91 Å². The summed E-state index contributed by atoms with van der Waals surface area (Å²) in [4.78, 5) is 37.3. The molecule has 1 aromatic carbocycles. The maximum atomic E-state index is 12.2. The van der Waals surface area contributed by atoms with Crippen LogP contribution in [0, 0.1) is 5.92 Å². The van der Waals surface area contributed by atoms with Gasteiger partial charge in [-0.15, -0.1) is 0 Å². The number of imide groups is 1. The van der Waals surface area contributed by atoms with Gasteiger partial charge >= 0.3 is 0 Å². The molecule has 3 amide bonds. The maximum Gasteiger partial charge on any atom is 0.262 e. The minimum Gasteiger partial charge on any atom is -0.354 e. The third kappa shape index (κ3) is 1.30. The second kappa shape index (κ2) is 3.66. The van der Waals surface area contributed by atoms with Crippen LogP contribution in [0.1, 0.15) is 27.6 Å². The van der Waals surface area contributed by atoms with E-state index in [1.807, 2.05) is 6.92 Å². The first-order valence-corrected chi connectivity index (χ1v) is 5.86. The molecule has 0 radical (unpaired) electrons. The molecule has 0 aromatic heterocycles. The van der Waals surface area contributed by atoms with Crippen molar-refractivity contribution in [2.24, 2.45) is 5.92 Å². The molecule has 2 heterocycles. The quantitative estimate of drug-likeness (QED) is 0.728. The predicted octanol–water partition coefficient (Wildman–Crippen LogP) is 0.417. The topological polar surface area (TPSA) is 66.5 Å². The molecule has 18 heavy (non-hydrogen) atoms. The summed E-state index contributed by atoms with van der Waals surface area (Å²) >= 11 is 0. The number of amides is 3. The van der Waals surface area contributed by atoms with Gasteiger partial charge in [-0.1, -0.05) is 19.1 Å². The van der Waals surface area contributed by atoms with Crippen molar-refractivity contribution < 1.29 is 14.4 Å². The summed E-state index contributed by atoms with van der Waals surface area (Å²) in [6.07, 6.45) is 0. The van der Waals surface area contributed by atoms with E-state index >= 15 is 0 Å². The van der Waals surface area contributed by atoms with Crippen LogP contribution in [0.3, 0.4) is 0 Å². The maximum absolute atomic E-state index is 12.2. The molecule has 5 heteroatoms. The Morgan fingerprint density at radius 3 is 2.11 bits per heavy atom. The molecule has 0 unspecified atom stereocenters. The van der Waals surface area contributed by atoms with Gasteiger partial charge in [0.25, 0.3) is 11.8 Å². The molecule has 3 rings (SSSR count). The van der Waals surface area contributed by atoms with Crippen LogP contribution >= 0.6 is 0 Å². The second-order valence-electron chi connectivity index (χ2n) is 4.69. The number of hydrogen-bond donors (Lipinski definition) is 1. The van der Waals surface area contributed by atoms with E-state index in [1.54, 1.807) is 24.3 Å². The molecular weight excluding hydrogens is 232 g/mol. The molecule has 0 aliphatic carbocycles. The summed E-state index contributed by atoms with van der Waals surface area (Å²) < 4.78 is 0. The Balaban J connectivity index is 2.04. The highest BCUT2D eigenvalue weighted by Crippen LogP contribution is 2.28. The first kappa shape index (κ1) is 11.0. The lowest BCUT2D eigenvalue weighted by Gasteiger charge is -2.22. The minimum atomic E-state index is -0.683. The molecule has 92 valence electrons. The number of nitrogens with zero attached hydrogens (tertiary/aromatic N) is 1. The van der Waals surface area contributed by atoms with Gasteiger partial charge in [-0.3, -0.25) is 19.3 Å². The van der Waals surface area contributed by atoms with Crippen molar-refractivity contribution in [3.8, 4) is 0 Å². The number of carbonyl (C=O) groups excluding carboxylic acids is 3. The van der Waals surface area contributed by atoms with Crippen molar-refractivity contribution in [3.05, 3.63) is 35.4 Å². The van der Waals surface area contributed by atoms with Gasteiger partial charge in [0.05, 0.1) is 11.1 Å². The minimum absolute atomic E-state index is 0.0558. The fraction of sp³-hybridized carbons (Fsp3) is 0.308. The molecule has 1 N–H and O–H groups in total. The molecule has 1 fully saturated rings. The van der Waals surface area contributed by atoms with E-state index in [0.29, 0.717) is 17.7 Å². The lowest BCUT2D eigenvalue weighted by Crippen LogP contribution is -2.46. The Morgan fingerprint density at radius 2 is 1.67 bits per heavy atom. The molecule has 1 aromatic rings. The summed E-state index contributed by atoms with van der Waals surface area (Å²) in [6, 6.07) is 5.98. The van der Waals surface area contributed by atoms with Crippen molar-refractivity contribution in [2.75, 3.05) is 6.54 Å². The summed E-state index contributed by atoms with van der Waals surface area (Å²) in [5, 5.41) is 2.68. The zero-order chi connectivity index (χ0) is 12.9. The van der Waals surface area contributed by atoms with E-state index in [1.165, 1.54) is 0 Å². The van der Waals surface area contributed by atoms with Crippen molar-refractivity contribution in [3.63, 3.8) is 0 Å². The van der Waals surface area contributed by atoms with Gasteiger partial charge < -0.3 is 5.32 Å². The summed E-state index contributed by atoms with van der Waals surface area (Å²) in [7, 11) is 0. The van der Waals surface area contributed by atoms with Crippen molar-refractivity contribution in [2.45, 2.75) is 13.0 Å². The van der Waals surface area contributed by atoms with Crippen molar-refractivity contribution >= 4 is 17.7 Å². The fourth-order valence-corrected chi connectivity index (χ4v) is 2.57. The fourth-order valence-electron chi connectivity index (χ4n) is 2.57. The monoisotopic (exact) mass is 244 g/mol. The Bertz CT molecular complexity index is 532. The highest BCUT2D eigenvalue weighted by Gasteiger charge is 2.47. The van der Waals surface area contributed by atoms with Gasteiger partial charge in [0.15, 0.2) is 0 Å². The van der Waals surface area contributed by atoms with Crippen LogP contribution in [-0.2, 0) is 4.79 Å². The standard InChI is InChI=1S/C13H12N2O3/c1-7-6-14-11(16)10(7)15-12(17)8-4-2-3-5-9(8)13(15)18/h2-5,7,10H,6H2,1H3,(H,14,16)/t7-,10+/m1/s1. The number of benzene rings is 1. The molecule has 0 spiro atoms. The Morgan fingerprint density at radius 1 is 1.11 bits per heavy atom. The van der Waals surface area contributed by atoms with Crippen molar-refractivity contribution in [1.29, 1.82) is 0 Å². The first-order valence-electron chi connectivity index (χ1n) is 5.86. The van der Waals surface area contributed by atoms with E-state index in [0.717, 1.165) is 4.90 Å². The zero-order valence-electron chi connectivity index (χ0n) is 9.84. The molecule has 0 bridgehead atoms. The molecule has 0 saturated carbocycles. The Kier molecular flexibility index (Phi) is 2.23. The summed E-state index contributed by atoms with van der Waals surface area (Å²) in [5.74, 6) is -1.05. The van der Waals surface area contributed by atoms with Gasteiger partial charge in [-0.25, -0.2) is 0 Å². The van der Waals surface area contributed by atoms with E-state index in [9.17, 15) is 14.4 Å². The number of carbonyl (C=O) groups is 3.